The van der Waals surface area contributed by atoms with E-state index in [4.69, 9.17) is 16.4 Å². The fourth-order valence-corrected chi connectivity index (χ4v) is 0.294. The van der Waals surface area contributed by atoms with Crippen LogP contribution in [0.4, 0.5) is 0 Å². The molecule has 0 heterocycles. The zero-order chi connectivity index (χ0) is 6.41. The van der Waals surface area contributed by atoms with E-state index in [1.165, 1.54) is 0 Å². The number of aliphatic hydroxyl groups excluding tert-OH is 1. The Hall–Kier alpha value is -0.340. The first-order valence-electron chi connectivity index (χ1n) is 2.66. The zero-order valence-corrected chi connectivity index (χ0v) is 5.00. The van der Waals surface area contributed by atoms with E-state index in [9.17, 15) is 0 Å². The summed E-state index contributed by atoms with van der Waals surface area (Å²) in [6, 6.07) is 0. The molecule has 0 aliphatic heterocycles. The van der Waals surface area contributed by atoms with Crippen molar-refractivity contribution in [1.82, 2.24) is 0 Å². The molecule has 0 saturated heterocycles. The van der Waals surface area contributed by atoms with Crippen molar-refractivity contribution in [3.05, 3.63) is 12.7 Å². The molecule has 1 radical (unpaired) electrons. The van der Waals surface area contributed by atoms with Crippen LogP contribution in [0, 0.1) is 6.58 Å². The van der Waals surface area contributed by atoms with Gasteiger partial charge in [0.2, 0.25) is 0 Å². The molecule has 0 saturated carbocycles. The SMILES string of the molecule is [CH]=CC(O)OCCC. The van der Waals surface area contributed by atoms with Gasteiger partial charge in [0, 0.05) is 6.61 Å². The lowest BCUT2D eigenvalue weighted by Gasteiger charge is -2.03. The van der Waals surface area contributed by atoms with Gasteiger partial charge in [-0.3, -0.25) is 0 Å². The van der Waals surface area contributed by atoms with Crippen molar-refractivity contribution < 1.29 is 9.84 Å². The highest BCUT2D eigenvalue weighted by Crippen LogP contribution is 1.87. The molecule has 0 amide bonds. The van der Waals surface area contributed by atoms with E-state index < -0.39 is 6.29 Å². The fraction of sp³-hybridized carbons (Fsp3) is 0.667. The van der Waals surface area contributed by atoms with Crippen LogP contribution in [0.25, 0.3) is 0 Å². The Morgan fingerprint density at radius 3 is 2.88 bits per heavy atom. The summed E-state index contributed by atoms with van der Waals surface area (Å²) in [5.41, 5.74) is 0. The van der Waals surface area contributed by atoms with Gasteiger partial charge in [0.05, 0.1) is 0 Å². The predicted octanol–water partition coefficient (Wildman–Crippen LogP) is 0.721. The van der Waals surface area contributed by atoms with Crippen LogP contribution in [0.3, 0.4) is 0 Å². The molecular formula is C6H11O2. The molecule has 0 aromatic carbocycles. The van der Waals surface area contributed by atoms with E-state index in [-0.39, 0.29) is 0 Å². The maximum atomic E-state index is 8.59. The van der Waals surface area contributed by atoms with Crippen LogP contribution in [-0.4, -0.2) is 18.0 Å². The molecular weight excluding hydrogens is 104 g/mol. The third-order valence-electron chi connectivity index (χ3n) is 0.657. The van der Waals surface area contributed by atoms with Gasteiger partial charge in [0.15, 0.2) is 6.29 Å². The predicted molar refractivity (Wildman–Crippen MR) is 31.1 cm³/mol. The fourth-order valence-electron chi connectivity index (χ4n) is 0.294. The van der Waals surface area contributed by atoms with E-state index in [1.807, 2.05) is 6.92 Å². The van der Waals surface area contributed by atoms with Crippen LogP contribution in [0.2, 0.25) is 0 Å². The minimum Gasteiger partial charge on any atom is -0.365 e. The van der Waals surface area contributed by atoms with Gasteiger partial charge in [0.25, 0.3) is 0 Å². The Morgan fingerprint density at radius 1 is 1.88 bits per heavy atom. The summed E-state index contributed by atoms with van der Waals surface area (Å²) in [4.78, 5) is 0. The maximum Gasteiger partial charge on any atom is 0.174 e. The van der Waals surface area contributed by atoms with Gasteiger partial charge in [-0.2, -0.15) is 0 Å². The summed E-state index contributed by atoms with van der Waals surface area (Å²) < 4.78 is 4.72. The van der Waals surface area contributed by atoms with Crippen molar-refractivity contribution >= 4 is 0 Å². The summed E-state index contributed by atoms with van der Waals surface area (Å²) in [5, 5.41) is 8.59. The molecule has 0 rings (SSSR count). The zero-order valence-electron chi connectivity index (χ0n) is 5.00. The number of ether oxygens (including phenoxy) is 1. The molecule has 1 unspecified atom stereocenters. The Morgan fingerprint density at radius 2 is 2.50 bits per heavy atom. The first kappa shape index (κ1) is 7.66. The van der Waals surface area contributed by atoms with Crippen LogP contribution >= 0.6 is 0 Å². The van der Waals surface area contributed by atoms with Crippen molar-refractivity contribution in [3.63, 3.8) is 0 Å². The minimum atomic E-state index is -0.894. The molecule has 0 aromatic rings. The van der Waals surface area contributed by atoms with Gasteiger partial charge in [0.1, 0.15) is 0 Å². The molecule has 0 aromatic heterocycles. The van der Waals surface area contributed by atoms with Crippen LogP contribution in [-0.2, 0) is 4.74 Å². The first-order chi connectivity index (χ1) is 3.81. The van der Waals surface area contributed by atoms with Crippen molar-refractivity contribution in [2.45, 2.75) is 19.6 Å². The summed E-state index contributed by atoms with van der Waals surface area (Å²) >= 11 is 0. The number of rotatable bonds is 4. The van der Waals surface area contributed by atoms with Crippen molar-refractivity contribution in [3.8, 4) is 0 Å². The summed E-state index contributed by atoms with van der Waals surface area (Å²) in [5.74, 6) is 0. The third-order valence-corrected chi connectivity index (χ3v) is 0.657. The second kappa shape index (κ2) is 4.81. The smallest absolute Gasteiger partial charge is 0.174 e. The lowest BCUT2D eigenvalue weighted by atomic mass is 10.5. The van der Waals surface area contributed by atoms with E-state index >= 15 is 0 Å². The second-order valence-electron chi connectivity index (χ2n) is 1.45. The van der Waals surface area contributed by atoms with Crippen molar-refractivity contribution in [2.24, 2.45) is 0 Å². The standard InChI is InChI=1S/C6H11O2/c1-3-5-8-6(7)4-2/h2,4,6-7H,3,5H2,1H3. The average Bonchev–Trinajstić information content (AvgIpc) is 1.83. The Labute approximate surface area is 49.8 Å². The Bertz CT molecular complexity index is 61.5. The Balaban J connectivity index is 2.98. The van der Waals surface area contributed by atoms with E-state index in [1.54, 1.807) is 0 Å². The largest absolute Gasteiger partial charge is 0.365 e. The minimum absolute atomic E-state index is 0.550. The molecule has 2 heteroatoms. The van der Waals surface area contributed by atoms with E-state index in [2.05, 4.69) is 0 Å². The van der Waals surface area contributed by atoms with Crippen LogP contribution in [0.5, 0.6) is 0 Å². The quantitative estimate of drug-likeness (QED) is 0.547. The number of hydrogen-bond acceptors (Lipinski definition) is 2. The topological polar surface area (TPSA) is 29.5 Å². The van der Waals surface area contributed by atoms with Gasteiger partial charge in [-0.05, 0) is 12.5 Å². The molecule has 1 atom stereocenters. The highest BCUT2D eigenvalue weighted by molar-refractivity contribution is 4.65. The second-order valence-corrected chi connectivity index (χ2v) is 1.45. The van der Waals surface area contributed by atoms with E-state index in [0.717, 1.165) is 12.5 Å². The normalized spacial score (nSPS) is 13.2. The maximum absolute atomic E-state index is 8.59. The van der Waals surface area contributed by atoms with Gasteiger partial charge in [-0.25, -0.2) is 0 Å². The van der Waals surface area contributed by atoms with Gasteiger partial charge < -0.3 is 9.84 Å². The monoisotopic (exact) mass is 115 g/mol. The molecule has 0 bridgehead atoms. The highest BCUT2D eigenvalue weighted by atomic mass is 16.6. The van der Waals surface area contributed by atoms with Crippen LogP contribution in [0.15, 0.2) is 6.08 Å². The molecule has 0 aliphatic rings. The number of aliphatic hydroxyl groups is 1. The van der Waals surface area contributed by atoms with E-state index in [0.29, 0.717) is 6.61 Å². The van der Waals surface area contributed by atoms with Gasteiger partial charge >= 0.3 is 0 Å². The molecule has 2 nitrogen and oxygen atoms in total. The molecule has 8 heavy (non-hydrogen) atoms. The number of hydrogen-bond donors (Lipinski definition) is 1. The highest BCUT2D eigenvalue weighted by Gasteiger charge is 1.92. The molecule has 0 fully saturated rings. The molecule has 0 spiro atoms. The van der Waals surface area contributed by atoms with Crippen molar-refractivity contribution in [1.29, 1.82) is 0 Å². The van der Waals surface area contributed by atoms with Crippen LogP contribution in [0.1, 0.15) is 13.3 Å². The van der Waals surface area contributed by atoms with Crippen molar-refractivity contribution in [2.75, 3.05) is 6.61 Å². The first-order valence-corrected chi connectivity index (χ1v) is 2.66. The van der Waals surface area contributed by atoms with Crippen LogP contribution < -0.4 is 0 Å². The molecule has 1 N–H and O–H groups in total. The lowest BCUT2D eigenvalue weighted by Crippen LogP contribution is -2.07. The third kappa shape index (κ3) is 3.84. The Kier molecular flexibility index (Phi) is 4.61. The summed E-state index contributed by atoms with van der Waals surface area (Å²) in [6.07, 6.45) is 1.11. The average molecular weight is 115 g/mol. The summed E-state index contributed by atoms with van der Waals surface area (Å²) in [7, 11) is 0. The molecule has 0 aliphatic carbocycles. The lowest BCUT2D eigenvalue weighted by molar-refractivity contribution is -0.0636. The molecule has 47 valence electrons. The summed E-state index contributed by atoms with van der Waals surface area (Å²) in [6.45, 7) is 7.42. The van der Waals surface area contributed by atoms with Gasteiger partial charge in [-0.1, -0.05) is 13.5 Å². The van der Waals surface area contributed by atoms with Gasteiger partial charge in [-0.15, -0.1) is 0 Å².